The molecule has 0 aromatic rings. The maximum atomic E-state index is 11.9. The summed E-state index contributed by atoms with van der Waals surface area (Å²) in [5, 5.41) is 3.26. The van der Waals surface area contributed by atoms with Gasteiger partial charge in [0.15, 0.2) is 0 Å². The lowest BCUT2D eigenvalue weighted by Crippen LogP contribution is -2.35. The van der Waals surface area contributed by atoms with Gasteiger partial charge in [0, 0.05) is 6.54 Å². The van der Waals surface area contributed by atoms with Crippen LogP contribution in [0.15, 0.2) is 0 Å². The highest BCUT2D eigenvalue weighted by molar-refractivity contribution is 7.98. The van der Waals surface area contributed by atoms with E-state index in [9.17, 15) is 8.42 Å². The molecule has 2 N–H and O–H groups in total. The van der Waals surface area contributed by atoms with Gasteiger partial charge in [0.2, 0.25) is 10.0 Å². The molecule has 6 heteroatoms. The number of hydrogen-bond donors (Lipinski definition) is 2. The van der Waals surface area contributed by atoms with Gasteiger partial charge in [-0.05, 0) is 56.7 Å². The molecule has 0 radical (unpaired) electrons. The molecule has 0 amide bonds. The van der Waals surface area contributed by atoms with Gasteiger partial charge in [0.05, 0.1) is 5.75 Å². The number of unbranched alkanes of at least 4 members (excludes halogenated alkanes) is 2. The average molecular weight is 294 g/mol. The van der Waals surface area contributed by atoms with Crippen LogP contribution in [0.5, 0.6) is 0 Å². The molecule has 0 atom stereocenters. The van der Waals surface area contributed by atoms with E-state index in [0.29, 0.717) is 18.2 Å². The first-order valence-corrected chi connectivity index (χ1v) is 9.85. The standard InChI is InChI=1S/C12H26N2O2S2/c1-17-10-4-2-3-7-14-18(15,16)11-12-5-8-13-9-6-12/h12-14H,2-11H2,1H3. The zero-order valence-corrected chi connectivity index (χ0v) is 12.9. The van der Waals surface area contributed by atoms with Gasteiger partial charge in [-0.25, -0.2) is 13.1 Å². The smallest absolute Gasteiger partial charge is 0.211 e. The highest BCUT2D eigenvalue weighted by Gasteiger charge is 2.20. The second kappa shape index (κ2) is 9.18. The summed E-state index contributed by atoms with van der Waals surface area (Å²) in [6, 6.07) is 0. The third-order valence-corrected chi connectivity index (χ3v) is 5.51. The van der Waals surface area contributed by atoms with Crippen LogP contribution in [0.2, 0.25) is 0 Å². The summed E-state index contributed by atoms with van der Waals surface area (Å²) in [7, 11) is -3.06. The number of thioether (sulfide) groups is 1. The van der Waals surface area contributed by atoms with Crippen LogP contribution in [0.25, 0.3) is 0 Å². The topological polar surface area (TPSA) is 58.2 Å². The zero-order valence-electron chi connectivity index (χ0n) is 11.3. The second-order valence-corrected chi connectivity index (χ2v) is 7.76. The van der Waals surface area contributed by atoms with Gasteiger partial charge in [-0.15, -0.1) is 0 Å². The number of rotatable bonds is 9. The molecule has 0 spiro atoms. The van der Waals surface area contributed by atoms with Crippen molar-refractivity contribution in [2.24, 2.45) is 5.92 Å². The maximum absolute atomic E-state index is 11.9. The molecule has 0 saturated carbocycles. The molecule has 1 fully saturated rings. The van der Waals surface area contributed by atoms with Crippen LogP contribution in [0.4, 0.5) is 0 Å². The quantitative estimate of drug-likeness (QED) is 0.632. The lowest BCUT2D eigenvalue weighted by Gasteiger charge is -2.22. The molecule has 1 heterocycles. The van der Waals surface area contributed by atoms with Crippen LogP contribution < -0.4 is 10.0 Å². The van der Waals surface area contributed by atoms with Crippen molar-refractivity contribution >= 4 is 21.8 Å². The van der Waals surface area contributed by atoms with E-state index in [1.54, 1.807) is 0 Å². The maximum Gasteiger partial charge on any atom is 0.211 e. The lowest BCUT2D eigenvalue weighted by molar-refractivity contribution is 0.400. The van der Waals surface area contributed by atoms with E-state index >= 15 is 0 Å². The van der Waals surface area contributed by atoms with Crippen molar-refractivity contribution in [1.82, 2.24) is 10.0 Å². The van der Waals surface area contributed by atoms with Crippen LogP contribution in [-0.4, -0.2) is 45.8 Å². The predicted molar refractivity (Wildman–Crippen MR) is 79.6 cm³/mol. The first kappa shape index (κ1) is 16.3. The summed E-state index contributed by atoms with van der Waals surface area (Å²) >= 11 is 1.84. The Morgan fingerprint density at radius 2 is 1.94 bits per heavy atom. The van der Waals surface area contributed by atoms with Crippen molar-refractivity contribution in [3.8, 4) is 0 Å². The fraction of sp³-hybridized carbons (Fsp3) is 1.00. The molecule has 0 aromatic heterocycles. The number of piperidine rings is 1. The molecule has 18 heavy (non-hydrogen) atoms. The second-order valence-electron chi connectivity index (χ2n) is 4.92. The third kappa shape index (κ3) is 7.61. The molecule has 0 bridgehead atoms. The third-order valence-electron chi connectivity index (χ3n) is 3.26. The van der Waals surface area contributed by atoms with Gasteiger partial charge in [-0.3, -0.25) is 0 Å². The Morgan fingerprint density at radius 3 is 2.61 bits per heavy atom. The van der Waals surface area contributed by atoms with Gasteiger partial charge in [0.1, 0.15) is 0 Å². The van der Waals surface area contributed by atoms with E-state index in [1.165, 1.54) is 12.2 Å². The average Bonchev–Trinajstić information content (AvgIpc) is 2.34. The molecular weight excluding hydrogens is 268 g/mol. The van der Waals surface area contributed by atoms with Crippen LogP contribution in [0.3, 0.4) is 0 Å². The Hall–Kier alpha value is 0.220. The van der Waals surface area contributed by atoms with E-state index in [-0.39, 0.29) is 0 Å². The Bertz CT molecular complexity index is 301. The van der Waals surface area contributed by atoms with E-state index in [2.05, 4.69) is 16.3 Å². The van der Waals surface area contributed by atoms with Crippen LogP contribution in [0.1, 0.15) is 32.1 Å². The van der Waals surface area contributed by atoms with Crippen molar-refractivity contribution in [2.45, 2.75) is 32.1 Å². The summed E-state index contributed by atoms with van der Waals surface area (Å²) in [6.45, 7) is 2.51. The normalized spacial score (nSPS) is 18.1. The van der Waals surface area contributed by atoms with Crippen molar-refractivity contribution in [2.75, 3.05) is 37.4 Å². The molecular formula is C12H26N2O2S2. The monoisotopic (exact) mass is 294 g/mol. The first-order chi connectivity index (χ1) is 8.64. The Morgan fingerprint density at radius 1 is 1.22 bits per heavy atom. The Balaban J connectivity index is 2.11. The minimum absolute atomic E-state index is 0.305. The molecule has 4 nitrogen and oxygen atoms in total. The van der Waals surface area contributed by atoms with Crippen molar-refractivity contribution in [3.63, 3.8) is 0 Å². The molecule has 0 aliphatic carbocycles. The van der Waals surface area contributed by atoms with Crippen molar-refractivity contribution in [1.29, 1.82) is 0 Å². The largest absolute Gasteiger partial charge is 0.317 e. The fourth-order valence-electron chi connectivity index (χ4n) is 2.19. The van der Waals surface area contributed by atoms with E-state index < -0.39 is 10.0 Å². The van der Waals surface area contributed by atoms with Gasteiger partial charge in [-0.1, -0.05) is 6.42 Å². The van der Waals surface area contributed by atoms with Gasteiger partial charge in [-0.2, -0.15) is 11.8 Å². The number of hydrogen-bond acceptors (Lipinski definition) is 4. The van der Waals surface area contributed by atoms with Crippen LogP contribution in [-0.2, 0) is 10.0 Å². The highest BCUT2D eigenvalue weighted by Crippen LogP contribution is 2.13. The fourth-order valence-corrected chi connectivity index (χ4v) is 4.21. The van der Waals surface area contributed by atoms with E-state index in [1.807, 2.05) is 11.8 Å². The summed E-state index contributed by atoms with van der Waals surface area (Å²) in [6.07, 6.45) is 7.30. The summed E-state index contributed by atoms with van der Waals surface area (Å²) in [4.78, 5) is 0. The molecule has 1 rings (SSSR count). The molecule has 0 unspecified atom stereocenters. The predicted octanol–water partition coefficient (Wildman–Crippen LogP) is 1.44. The van der Waals surface area contributed by atoms with Gasteiger partial charge >= 0.3 is 0 Å². The van der Waals surface area contributed by atoms with Crippen molar-refractivity contribution in [3.05, 3.63) is 0 Å². The number of nitrogens with one attached hydrogen (secondary N) is 2. The minimum Gasteiger partial charge on any atom is -0.317 e. The Labute approximate surface area is 116 Å². The van der Waals surface area contributed by atoms with Crippen LogP contribution in [0, 0.1) is 5.92 Å². The van der Waals surface area contributed by atoms with Crippen LogP contribution >= 0.6 is 11.8 Å². The number of sulfonamides is 1. The summed E-state index contributed by atoms with van der Waals surface area (Å²) < 4.78 is 26.4. The van der Waals surface area contributed by atoms with Gasteiger partial charge in [0.25, 0.3) is 0 Å². The molecule has 0 aromatic carbocycles. The minimum atomic E-state index is -3.06. The lowest BCUT2D eigenvalue weighted by atomic mass is 10.0. The Kier molecular flexibility index (Phi) is 8.30. The van der Waals surface area contributed by atoms with E-state index in [0.717, 1.165) is 38.8 Å². The molecule has 1 aliphatic rings. The van der Waals surface area contributed by atoms with E-state index in [4.69, 9.17) is 0 Å². The molecule has 1 aliphatic heterocycles. The SMILES string of the molecule is CSCCCCCNS(=O)(=O)CC1CCNCC1. The van der Waals surface area contributed by atoms with Crippen molar-refractivity contribution < 1.29 is 8.42 Å². The highest BCUT2D eigenvalue weighted by atomic mass is 32.2. The summed E-state index contributed by atoms with van der Waals surface area (Å²) in [5.41, 5.74) is 0. The molecule has 1 saturated heterocycles. The summed E-state index contributed by atoms with van der Waals surface area (Å²) in [5.74, 6) is 1.81. The molecule has 108 valence electrons. The van der Waals surface area contributed by atoms with Gasteiger partial charge < -0.3 is 5.32 Å². The first-order valence-electron chi connectivity index (χ1n) is 6.81. The zero-order chi connectivity index (χ0) is 13.3.